The molecule has 31 heavy (non-hydrogen) atoms. The fourth-order valence-electron chi connectivity index (χ4n) is 3.43. The summed E-state index contributed by atoms with van der Waals surface area (Å²) in [6, 6.07) is 4.76. The highest BCUT2D eigenvalue weighted by Crippen LogP contribution is 2.37. The van der Waals surface area contributed by atoms with E-state index in [0.29, 0.717) is 42.1 Å². The molecule has 0 spiro atoms. The fourth-order valence-corrected chi connectivity index (χ4v) is 4.67. The highest BCUT2D eigenvalue weighted by atomic mass is 32.2. The largest absolute Gasteiger partial charge is 0.495 e. The molecule has 0 aliphatic carbocycles. The number of aryl methyl sites for hydroxylation is 1. The maximum atomic E-state index is 13.0. The second kappa shape index (κ2) is 9.19. The van der Waals surface area contributed by atoms with Crippen molar-refractivity contribution in [1.82, 2.24) is 14.5 Å². The summed E-state index contributed by atoms with van der Waals surface area (Å²) in [7, 11) is -2.43. The topological polar surface area (TPSA) is 119 Å². The molecule has 2 aromatic rings. The molecule has 1 aliphatic rings. The van der Waals surface area contributed by atoms with Gasteiger partial charge in [0.2, 0.25) is 21.8 Å². The first kappa shape index (κ1) is 23.0. The Hall–Kier alpha value is -2.72. The highest BCUT2D eigenvalue weighted by Gasteiger charge is 2.28. The van der Waals surface area contributed by atoms with E-state index in [0.717, 1.165) is 0 Å². The molecule has 0 saturated heterocycles. The fraction of sp³-hybridized carbons (Fsp3) is 0.476. The number of methoxy groups -OCH3 is 1. The minimum atomic E-state index is -3.84. The van der Waals surface area contributed by atoms with Gasteiger partial charge in [0.15, 0.2) is 0 Å². The van der Waals surface area contributed by atoms with Crippen LogP contribution in [-0.2, 0) is 21.2 Å². The lowest BCUT2D eigenvalue weighted by Gasteiger charge is -2.14. The Morgan fingerprint density at radius 2 is 2.00 bits per heavy atom. The molecule has 2 N–H and O–H groups in total. The summed E-state index contributed by atoms with van der Waals surface area (Å²) >= 11 is 0. The van der Waals surface area contributed by atoms with E-state index in [1.807, 2.05) is 20.8 Å². The Bertz CT molecular complexity index is 1110. The van der Waals surface area contributed by atoms with Crippen molar-refractivity contribution >= 4 is 27.7 Å². The smallest absolute Gasteiger partial charge is 0.249 e. The normalized spacial score (nSPS) is 14.4. The van der Waals surface area contributed by atoms with E-state index < -0.39 is 10.0 Å². The zero-order valence-corrected chi connectivity index (χ0v) is 19.0. The number of benzene rings is 1. The molecule has 0 unspecified atom stereocenters. The van der Waals surface area contributed by atoms with E-state index in [1.165, 1.54) is 17.9 Å². The van der Waals surface area contributed by atoms with Gasteiger partial charge in [-0.05, 0) is 36.5 Å². The predicted molar refractivity (Wildman–Crippen MR) is 117 cm³/mol. The maximum absolute atomic E-state index is 13.0. The lowest BCUT2D eigenvalue weighted by Crippen LogP contribution is -2.26. The van der Waals surface area contributed by atoms with Crippen LogP contribution in [-0.4, -0.2) is 43.7 Å². The Labute approximate surface area is 182 Å². The summed E-state index contributed by atoms with van der Waals surface area (Å²) in [6.07, 6.45) is 1.34. The van der Waals surface area contributed by atoms with Gasteiger partial charge in [0.1, 0.15) is 16.5 Å². The van der Waals surface area contributed by atoms with Crippen molar-refractivity contribution in [2.24, 2.45) is 5.92 Å². The van der Waals surface area contributed by atoms with E-state index in [4.69, 9.17) is 4.74 Å². The van der Waals surface area contributed by atoms with E-state index in [9.17, 15) is 18.0 Å². The van der Waals surface area contributed by atoms with Crippen molar-refractivity contribution in [3.63, 3.8) is 0 Å². The Balaban J connectivity index is 2.12. The summed E-state index contributed by atoms with van der Waals surface area (Å²) < 4.78 is 35.1. The van der Waals surface area contributed by atoms with Crippen LogP contribution >= 0.6 is 0 Å². The van der Waals surface area contributed by atoms with Crippen LogP contribution in [0.1, 0.15) is 50.5 Å². The van der Waals surface area contributed by atoms with Gasteiger partial charge >= 0.3 is 0 Å². The lowest BCUT2D eigenvalue weighted by atomic mass is 10.0. The van der Waals surface area contributed by atoms with Crippen molar-refractivity contribution in [3.8, 4) is 16.9 Å². The molecule has 0 saturated carbocycles. The predicted octanol–water partition coefficient (Wildman–Crippen LogP) is 2.82. The average Bonchev–Trinajstić information content (AvgIpc) is 3.02. The van der Waals surface area contributed by atoms with E-state index >= 15 is 0 Å². The number of ether oxygens (including phenoxy) is 1. The number of fused-ring (bicyclic) bond motifs is 1. The second-order valence-electron chi connectivity index (χ2n) is 7.82. The number of hydrogen-bond donors (Lipinski definition) is 2. The number of nitrogens with one attached hydrogen (secondary N) is 2. The van der Waals surface area contributed by atoms with Gasteiger partial charge in [-0.1, -0.05) is 26.8 Å². The molecule has 3 rings (SSSR count). The minimum Gasteiger partial charge on any atom is -0.495 e. The third kappa shape index (κ3) is 4.80. The number of anilines is 1. The van der Waals surface area contributed by atoms with Gasteiger partial charge in [-0.2, -0.15) is 9.78 Å². The molecular weight excluding hydrogens is 420 g/mol. The van der Waals surface area contributed by atoms with Crippen LogP contribution in [0, 0.1) is 5.92 Å². The van der Waals surface area contributed by atoms with Crippen LogP contribution in [0.15, 0.2) is 23.1 Å². The van der Waals surface area contributed by atoms with Gasteiger partial charge in [0, 0.05) is 24.9 Å². The van der Waals surface area contributed by atoms with Crippen molar-refractivity contribution in [1.29, 1.82) is 0 Å². The van der Waals surface area contributed by atoms with Gasteiger partial charge in [0.25, 0.3) is 0 Å². The van der Waals surface area contributed by atoms with E-state index in [-0.39, 0.29) is 41.1 Å². The van der Waals surface area contributed by atoms with Gasteiger partial charge in [0.05, 0.1) is 12.8 Å². The average molecular weight is 449 g/mol. The zero-order chi connectivity index (χ0) is 22.8. The number of amides is 1. The zero-order valence-electron chi connectivity index (χ0n) is 18.2. The first-order chi connectivity index (χ1) is 14.7. The maximum Gasteiger partial charge on any atom is 0.249 e. The monoisotopic (exact) mass is 448 g/mol. The molecule has 1 amide bonds. The summed E-state index contributed by atoms with van der Waals surface area (Å²) in [4.78, 5) is 24.6. The van der Waals surface area contributed by atoms with E-state index in [2.05, 4.69) is 15.1 Å². The minimum absolute atomic E-state index is 0.00969. The molecule has 9 nitrogen and oxygen atoms in total. The number of sulfonamides is 1. The number of carbonyl (C=O) groups excluding carboxylic acids is 2. The molecule has 1 aliphatic heterocycles. The molecule has 1 aromatic heterocycles. The summed E-state index contributed by atoms with van der Waals surface area (Å²) in [5, 5.41) is 7.13. The van der Waals surface area contributed by atoms with E-state index in [1.54, 1.807) is 12.1 Å². The van der Waals surface area contributed by atoms with Crippen LogP contribution in [0.3, 0.4) is 0 Å². The van der Waals surface area contributed by atoms with Crippen LogP contribution < -0.4 is 14.8 Å². The van der Waals surface area contributed by atoms with Crippen molar-refractivity contribution in [2.75, 3.05) is 19.0 Å². The first-order valence-electron chi connectivity index (χ1n) is 10.3. The SMILES string of the molecule is CCc1nn2c(c1-c1ccc(OC)c(S(=O)(=O)NCCC(C)C)c1)NC(=O)CCC2=O. The van der Waals surface area contributed by atoms with Gasteiger partial charge in [-0.3, -0.25) is 9.59 Å². The van der Waals surface area contributed by atoms with Crippen LogP contribution in [0.25, 0.3) is 11.1 Å². The Morgan fingerprint density at radius 3 is 2.65 bits per heavy atom. The van der Waals surface area contributed by atoms with Gasteiger partial charge in [-0.25, -0.2) is 13.1 Å². The third-order valence-corrected chi connectivity index (χ3v) is 6.59. The first-order valence-corrected chi connectivity index (χ1v) is 11.8. The number of aromatic nitrogens is 2. The second-order valence-corrected chi connectivity index (χ2v) is 9.56. The molecule has 0 bridgehead atoms. The van der Waals surface area contributed by atoms with Crippen molar-refractivity contribution < 1.29 is 22.7 Å². The molecule has 1 aromatic carbocycles. The molecule has 0 radical (unpaired) electrons. The quantitative estimate of drug-likeness (QED) is 0.641. The summed E-state index contributed by atoms with van der Waals surface area (Å²) in [5.41, 5.74) is 1.65. The molecule has 0 fully saturated rings. The van der Waals surface area contributed by atoms with Crippen molar-refractivity contribution in [3.05, 3.63) is 23.9 Å². The van der Waals surface area contributed by atoms with Gasteiger partial charge in [-0.15, -0.1) is 0 Å². The Kier molecular flexibility index (Phi) is 6.80. The molecule has 10 heteroatoms. The van der Waals surface area contributed by atoms with Crippen LogP contribution in [0.4, 0.5) is 5.82 Å². The standard InChI is InChI=1S/C21H28N4O5S/c1-5-15-20(21-23-18(26)8-9-19(27)25(21)24-15)14-6-7-16(30-4)17(12-14)31(28,29)22-11-10-13(2)3/h6-7,12-13,22H,5,8-11H2,1-4H3,(H,23,26). The Morgan fingerprint density at radius 1 is 1.26 bits per heavy atom. The number of carbonyl (C=O) groups is 2. The van der Waals surface area contributed by atoms with Gasteiger partial charge < -0.3 is 10.1 Å². The molecule has 168 valence electrons. The van der Waals surface area contributed by atoms with Crippen LogP contribution in [0.5, 0.6) is 5.75 Å². The molecule has 2 heterocycles. The number of nitrogens with zero attached hydrogens (tertiary/aromatic N) is 2. The highest BCUT2D eigenvalue weighted by molar-refractivity contribution is 7.89. The molecular formula is C21H28N4O5S. The van der Waals surface area contributed by atoms with Crippen LogP contribution in [0.2, 0.25) is 0 Å². The molecule has 0 atom stereocenters. The summed E-state index contributed by atoms with van der Waals surface area (Å²) in [5.74, 6) is 0.258. The number of rotatable bonds is 8. The van der Waals surface area contributed by atoms with Crippen molar-refractivity contribution in [2.45, 2.75) is 51.3 Å². The summed E-state index contributed by atoms with van der Waals surface area (Å²) in [6.45, 7) is 6.22. The lowest BCUT2D eigenvalue weighted by molar-refractivity contribution is -0.116. The number of hydrogen-bond acceptors (Lipinski definition) is 6. The third-order valence-electron chi connectivity index (χ3n) is 5.11.